The van der Waals surface area contributed by atoms with Gasteiger partial charge in [-0.15, -0.1) is 0 Å². The summed E-state index contributed by atoms with van der Waals surface area (Å²) in [6.07, 6.45) is 0. The molecule has 0 atom stereocenters. The van der Waals surface area contributed by atoms with Crippen LogP contribution in [0.2, 0.25) is 5.02 Å². The number of rotatable bonds is 3. The summed E-state index contributed by atoms with van der Waals surface area (Å²) in [5, 5.41) is 7.62. The van der Waals surface area contributed by atoms with Gasteiger partial charge in [0.1, 0.15) is 11.6 Å². The lowest BCUT2D eigenvalue weighted by atomic mass is 10.2. The van der Waals surface area contributed by atoms with E-state index in [2.05, 4.69) is 0 Å². The van der Waals surface area contributed by atoms with Crippen molar-refractivity contribution in [2.45, 2.75) is 0 Å². The molecule has 0 aromatic heterocycles. The lowest BCUT2D eigenvalue weighted by Gasteiger charge is -2.12. The third-order valence-electron chi connectivity index (χ3n) is 2.38. The van der Waals surface area contributed by atoms with Gasteiger partial charge >= 0.3 is 0 Å². The number of hydrogen-bond acceptors (Lipinski definition) is 2. The van der Waals surface area contributed by atoms with Crippen LogP contribution >= 0.6 is 11.6 Å². The molecule has 0 saturated carbocycles. The first-order valence-corrected chi connectivity index (χ1v) is 5.63. The van der Waals surface area contributed by atoms with E-state index in [1.54, 1.807) is 6.07 Å². The highest BCUT2D eigenvalue weighted by Gasteiger charge is 2.15. The summed E-state index contributed by atoms with van der Waals surface area (Å²) in [7, 11) is 0. The van der Waals surface area contributed by atoms with Crippen molar-refractivity contribution < 1.29 is 13.5 Å². The van der Waals surface area contributed by atoms with Crippen molar-refractivity contribution in [3.63, 3.8) is 0 Å². The summed E-state index contributed by atoms with van der Waals surface area (Å²) in [6.45, 7) is 0. The van der Waals surface area contributed by atoms with Crippen molar-refractivity contribution in [3.8, 4) is 11.5 Å². The van der Waals surface area contributed by atoms with Gasteiger partial charge in [0.25, 0.3) is 0 Å². The third kappa shape index (κ3) is 2.66. The number of nitrogen functional groups attached to an aromatic ring is 1. The molecule has 0 aliphatic heterocycles. The van der Waals surface area contributed by atoms with Crippen LogP contribution in [0, 0.1) is 17.0 Å². The molecule has 0 aliphatic rings. The van der Waals surface area contributed by atoms with Gasteiger partial charge in [0.05, 0.1) is 10.6 Å². The Balaban J connectivity index is 2.47. The Morgan fingerprint density at radius 3 is 2.42 bits per heavy atom. The Morgan fingerprint density at radius 2 is 1.74 bits per heavy atom. The Kier molecular flexibility index (Phi) is 3.66. The van der Waals surface area contributed by atoms with Gasteiger partial charge in [-0.2, -0.15) is 4.39 Å². The van der Waals surface area contributed by atoms with Gasteiger partial charge in [0.15, 0.2) is 11.6 Å². The lowest BCUT2D eigenvalue weighted by Crippen LogP contribution is -2.13. The molecule has 0 spiro atoms. The lowest BCUT2D eigenvalue weighted by molar-refractivity contribution is 0.415. The maximum atomic E-state index is 13.5. The molecule has 2 rings (SSSR count). The molecule has 0 unspecified atom stereocenters. The molecule has 0 aliphatic carbocycles. The summed E-state index contributed by atoms with van der Waals surface area (Å²) in [4.78, 5) is 0. The largest absolute Gasteiger partial charge is 0.453 e. The molecule has 0 radical (unpaired) electrons. The number of nitrogens with two attached hydrogens (primary N) is 1. The molecule has 2 aromatic carbocycles. The first kappa shape index (κ1) is 13.3. The molecular formula is C13H9ClF2N2O. The fraction of sp³-hybridized carbons (Fsp3) is 0. The van der Waals surface area contributed by atoms with E-state index in [1.807, 2.05) is 0 Å². The van der Waals surface area contributed by atoms with Gasteiger partial charge < -0.3 is 10.5 Å². The van der Waals surface area contributed by atoms with Gasteiger partial charge in [-0.1, -0.05) is 23.7 Å². The molecule has 0 amide bonds. The maximum Gasteiger partial charge on any atom is 0.201 e. The van der Waals surface area contributed by atoms with E-state index >= 15 is 0 Å². The Morgan fingerprint density at radius 1 is 1.11 bits per heavy atom. The topological polar surface area (TPSA) is 59.1 Å². The monoisotopic (exact) mass is 282 g/mol. The minimum Gasteiger partial charge on any atom is -0.453 e. The summed E-state index contributed by atoms with van der Waals surface area (Å²) in [6, 6.07) is 8.10. The summed E-state index contributed by atoms with van der Waals surface area (Å²) in [5.74, 6) is -2.67. The van der Waals surface area contributed by atoms with Gasteiger partial charge in [0, 0.05) is 0 Å². The minimum absolute atomic E-state index is 0.0875. The smallest absolute Gasteiger partial charge is 0.201 e. The van der Waals surface area contributed by atoms with E-state index in [0.717, 1.165) is 6.07 Å². The number of benzene rings is 2. The van der Waals surface area contributed by atoms with Crippen molar-refractivity contribution in [1.29, 1.82) is 5.41 Å². The molecule has 0 fully saturated rings. The van der Waals surface area contributed by atoms with E-state index in [4.69, 9.17) is 27.5 Å². The van der Waals surface area contributed by atoms with Gasteiger partial charge in [-0.3, -0.25) is 5.41 Å². The number of amidine groups is 1. The standard InChI is InChI=1S/C13H9ClF2N2O/c14-7-3-1-5-9(11(7)13(17)18)19-10-6-2-4-8(15)12(10)16/h1-6H,(H3,17,18). The van der Waals surface area contributed by atoms with Crippen molar-refractivity contribution in [3.05, 3.63) is 58.6 Å². The predicted octanol–water partition coefficient (Wildman–Crippen LogP) is 3.69. The molecule has 0 heterocycles. The highest BCUT2D eigenvalue weighted by atomic mass is 35.5. The first-order valence-electron chi connectivity index (χ1n) is 5.25. The third-order valence-corrected chi connectivity index (χ3v) is 2.70. The summed E-state index contributed by atoms with van der Waals surface area (Å²) < 4.78 is 31.8. The SMILES string of the molecule is N=C(N)c1c(Cl)cccc1Oc1cccc(F)c1F. The van der Waals surface area contributed by atoms with Gasteiger partial charge in [-0.25, -0.2) is 4.39 Å². The zero-order valence-corrected chi connectivity index (χ0v) is 10.3. The van der Waals surface area contributed by atoms with Crippen molar-refractivity contribution in [2.24, 2.45) is 5.73 Å². The quantitative estimate of drug-likeness (QED) is 0.666. The average molecular weight is 283 g/mol. The molecule has 0 saturated heterocycles. The van der Waals surface area contributed by atoms with Crippen LogP contribution in [0.25, 0.3) is 0 Å². The maximum absolute atomic E-state index is 13.5. The van der Waals surface area contributed by atoms with Crippen LogP contribution in [0.3, 0.4) is 0 Å². The van der Waals surface area contributed by atoms with Crippen LogP contribution in [0.15, 0.2) is 36.4 Å². The van der Waals surface area contributed by atoms with Crippen molar-refractivity contribution in [2.75, 3.05) is 0 Å². The highest BCUT2D eigenvalue weighted by Crippen LogP contribution is 2.31. The van der Waals surface area contributed by atoms with E-state index < -0.39 is 11.6 Å². The highest BCUT2D eigenvalue weighted by molar-refractivity contribution is 6.34. The zero-order valence-electron chi connectivity index (χ0n) is 9.58. The number of halogens is 3. The van der Waals surface area contributed by atoms with Crippen molar-refractivity contribution >= 4 is 17.4 Å². The van der Waals surface area contributed by atoms with E-state index in [-0.39, 0.29) is 27.9 Å². The molecule has 6 heteroatoms. The first-order chi connectivity index (χ1) is 9.00. The normalized spacial score (nSPS) is 10.3. The molecule has 19 heavy (non-hydrogen) atoms. The molecule has 3 N–H and O–H groups in total. The van der Waals surface area contributed by atoms with E-state index in [1.165, 1.54) is 24.3 Å². The van der Waals surface area contributed by atoms with Crippen LogP contribution in [-0.4, -0.2) is 5.84 Å². The van der Waals surface area contributed by atoms with Crippen molar-refractivity contribution in [1.82, 2.24) is 0 Å². The predicted molar refractivity (Wildman–Crippen MR) is 68.9 cm³/mol. The second kappa shape index (κ2) is 5.24. The van der Waals surface area contributed by atoms with Crippen LogP contribution in [-0.2, 0) is 0 Å². The van der Waals surface area contributed by atoms with Gasteiger partial charge in [-0.05, 0) is 24.3 Å². The molecular weight excluding hydrogens is 274 g/mol. The molecule has 0 bridgehead atoms. The van der Waals surface area contributed by atoms with E-state index in [9.17, 15) is 8.78 Å². The zero-order chi connectivity index (χ0) is 14.0. The second-order valence-corrected chi connectivity index (χ2v) is 4.09. The van der Waals surface area contributed by atoms with Crippen LogP contribution < -0.4 is 10.5 Å². The molecule has 3 nitrogen and oxygen atoms in total. The van der Waals surface area contributed by atoms with Crippen LogP contribution in [0.5, 0.6) is 11.5 Å². The number of nitrogens with one attached hydrogen (secondary N) is 1. The summed E-state index contributed by atoms with van der Waals surface area (Å²) in [5.41, 5.74) is 5.52. The number of hydrogen-bond donors (Lipinski definition) is 2. The fourth-order valence-electron chi connectivity index (χ4n) is 1.53. The molecule has 2 aromatic rings. The minimum atomic E-state index is -1.11. The Hall–Kier alpha value is -2.14. The summed E-state index contributed by atoms with van der Waals surface area (Å²) >= 11 is 5.89. The molecule has 98 valence electrons. The fourth-order valence-corrected chi connectivity index (χ4v) is 1.80. The average Bonchev–Trinajstić information content (AvgIpc) is 2.34. The Labute approximate surface area is 113 Å². The second-order valence-electron chi connectivity index (χ2n) is 3.68. The van der Waals surface area contributed by atoms with Crippen LogP contribution in [0.4, 0.5) is 8.78 Å². The Bertz CT molecular complexity index is 647. The van der Waals surface area contributed by atoms with Crippen LogP contribution in [0.1, 0.15) is 5.56 Å². The van der Waals surface area contributed by atoms with E-state index in [0.29, 0.717) is 0 Å². The number of ether oxygens (including phenoxy) is 1. The van der Waals surface area contributed by atoms with Gasteiger partial charge in [0.2, 0.25) is 5.82 Å².